The highest BCUT2D eigenvalue weighted by Crippen LogP contribution is 2.29. The average molecular weight is 378 g/mol. The number of carbonyl (C=O) groups excluding carboxylic acids is 1. The van der Waals surface area contributed by atoms with Crippen LogP contribution in [0, 0.1) is 0 Å². The van der Waals surface area contributed by atoms with Crippen LogP contribution in [0.4, 0.5) is 0 Å². The van der Waals surface area contributed by atoms with Gasteiger partial charge in [-0.3, -0.25) is 9.69 Å². The fourth-order valence-electron chi connectivity index (χ4n) is 3.82. The predicted molar refractivity (Wildman–Crippen MR) is 101 cm³/mol. The van der Waals surface area contributed by atoms with Crippen molar-refractivity contribution in [3.05, 3.63) is 23.8 Å². The number of likely N-dealkylation sites (tertiary alicyclic amines) is 1. The van der Waals surface area contributed by atoms with E-state index in [1.54, 1.807) is 17.0 Å². The van der Waals surface area contributed by atoms with Gasteiger partial charge in [-0.25, -0.2) is 0 Å². The topological polar surface area (TPSA) is 82.5 Å². The summed E-state index contributed by atoms with van der Waals surface area (Å²) in [6, 6.07) is 4.70. The second-order valence-electron chi connectivity index (χ2n) is 7.37. The third kappa shape index (κ3) is 5.12. The van der Waals surface area contributed by atoms with Crippen molar-refractivity contribution >= 4 is 5.91 Å². The molecule has 1 aromatic carbocycles. The molecule has 150 valence electrons. The minimum absolute atomic E-state index is 0.0316. The molecule has 1 atom stereocenters. The SMILES string of the molecule is CCOc1cc(C(=O)N2CCC[C@@](O)(CN3CCOCC3)CC2)ccc1O. The van der Waals surface area contributed by atoms with Crippen molar-refractivity contribution < 1.29 is 24.5 Å². The first-order valence-electron chi connectivity index (χ1n) is 9.78. The van der Waals surface area contributed by atoms with Crippen molar-refractivity contribution in [3.8, 4) is 11.5 Å². The molecule has 0 unspecified atom stereocenters. The molecule has 2 aliphatic heterocycles. The maximum Gasteiger partial charge on any atom is 0.253 e. The average Bonchev–Trinajstić information content (AvgIpc) is 2.86. The number of rotatable bonds is 5. The van der Waals surface area contributed by atoms with Crippen LogP contribution in [0.1, 0.15) is 36.5 Å². The molecule has 1 aromatic rings. The van der Waals surface area contributed by atoms with Crippen LogP contribution in [0.3, 0.4) is 0 Å². The van der Waals surface area contributed by atoms with Crippen molar-refractivity contribution in [2.75, 3.05) is 52.5 Å². The number of hydrogen-bond acceptors (Lipinski definition) is 6. The zero-order chi connectivity index (χ0) is 19.3. The summed E-state index contributed by atoms with van der Waals surface area (Å²) in [5.74, 6) is 0.262. The van der Waals surface area contributed by atoms with Gasteiger partial charge < -0.3 is 24.6 Å². The van der Waals surface area contributed by atoms with Gasteiger partial charge in [-0.2, -0.15) is 0 Å². The number of β-amino-alcohol motifs (C(OH)–C–C–N with tert-alkyl or cyclic N) is 1. The number of aromatic hydroxyl groups is 1. The quantitative estimate of drug-likeness (QED) is 0.808. The number of phenolic OH excluding ortho intramolecular Hbond substituents is 1. The normalized spacial score (nSPS) is 24.4. The Morgan fingerprint density at radius 2 is 2.00 bits per heavy atom. The van der Waals surface area contributed by atoms with Crippen LogP contribution < -0.4 is 4.74 Å². The molecule has 7 heteroatoms. The molecule has 0 bridgehead atoms. The maximum atomic E-state index is 12.9. The van der Waals surface area contributed by atoms with Gasteiger partial charge in [0.1, 0.15) is 0 Å². The predicted octanol–water partition coefficient (Wildman–Crippen LogP) is 1.48. The molecule has 0 aliphatic carbocycles. The Kier molecular flexibility index (Phi) is 6.57. The monoisotopic (exact) mass is 378 g/mol. The zero-order valence-corrected chi connectivity index (χ0v) is 16.0. The van der Waals surface area contributed by atoms with Crippen molar-refractivity contribution in [2.24, 2.45) is 0 Å². The first kappa shape index (κ1) is 19.9. The van der Waals surface area contributed by atoms with Gasteiger partial charge in [0.05, 0.1) is 25.4 Å². The molecule has 2 saturated heterocycles. The highest BCUT2D eigenvalue weighted by atomic mass is 16.5. The fourth-order valence-corrected chi connectivity index (χ4v) is 3.82. The zero-order valence-electron chi connectivity index (χ0n) is 16.0. The van der Waals surface area contributed by atoms with Gasteiger partial charge in [0, 0.05) is 38.3 Å². The lowest BCUT2D eigenvalue weighted by molar-refractivity contribution is -0.0389. The highest BCUT2D eigenvalue weighted by molar-refractivity contribution is 5.95. The number of nitrogens with zero attached hydrogens (tertiary/aromatic N) is 2. The highest BCUT2D eigenvalue weighted by Gasteiger charge is 2.34. The van der Waals surface area contributed by atoms with Gasteiger partial charge in [-0.05, 0) is 44.4 Å². The molecular weight excluding hydrogens is 348 g/mol. The molecule has 0 saturated carbocycles. The lowest BCUT2D eigenvalue weighted by Crippen LogP contribution is -2.48. The summed E-state index contributed by atoms with van der Waals surface area (Å²) in [6.07, 6.45) is 2.02. The van der Waals surface area contributed by atoms with Gasteiger partial charge in [-0.15, -0.1) is 0 Å². The van der Waals surface area contributed by atoms with E-state index in [2.05, 4.69) is 4.90 Å². The minimum atomic E-state index is -0.766. The smallest absolute Gasteiger partial charge is 0.253 e. The van der Waals surface area contributed by atoms with Gasteiger partial charge >= 0.3 is 0 Å². The summed E-state index contributed by atoms with van der Waals surface area (Å²) in [7, 11) is 0. The van der Waals surface area contributed by atoms with Crippen LogP contribution in [-0.4, -0.2) is 84.1 Å². The van der Waals surface area contributed by atoms with Crippen molar-refractivity contribution in [2.45, 2.75) is 31.8 Å². The van der Waals surface area contributed by atoms with Crippen molar-refractivity contribution in [1.29, 1.82) is 0 Å². The molecule has 2 N–H and O–H groups in total. The number of aliphatic hydroxyl groups is 1. The van der Waals surface area contributed by atoms with E-state index < -0.39 is 5.60 Å². The maximum absolute atomic E-state index is 12.9. The Labute approximate surface area is 160 Å². The van der Waals surface area contributed by atoms with Crippen LogP contribution in [0.15, 0.2) is 18.2 Å². The molecule has 0 spiro atoms. The van der Waals surface area contributed by atoms with Crippen LogP contribution in [0.5, 0.6) is 11.5 Å². The third-order valence-electron chi connectivity index (χ3n) is 5.33. The summed E-state index contributed by atoms with van der Waals surface area (Å²) in [6.45, 7) is 7.14. The molecule has 0 aromatic heterocycles. The van der Waals surface area contributed by atoms with Crippen LogP contribution in [-0.2, 0) is 4.74 Å². The number of amides is 1. The Morgan fingerprint density at radius 3 is 2.74 bits per heavy atom. The van der Waals surface area contributed by atoms with E-state index in [-0.39, 0.29) is 11.7 Å². The molecule has 7 nitrogen and oxygen atoms in total. The van der Waals surface area contributed by atoms with E-state index in [9.17, 15) is 15.0 Å². The Balaban J connectivity index is 1.63. The minimum Gasteiger partial charge on any atom is -0.504 e. The lowest BCUT2D eigenvalue weighted by atomic mass is 9.94. The van der Waals surface area contributed by atoms with E-state index in [1.165, 1.54) is 6.07 Å². The number of hydrogen-bond donors (Lipinski definition) is 2. The lowest BCUT2D eigenvalue weighted by Gasteiger charge is -2.35. The molecule has 2 heterocycles. The number of benzene rings is 1. The van der Waals surface area contributed by atoms with Crippen LogP contribution in [0.2, 0.25) is 0 Å². The second-order valence-corrected chi connectivity index (χ2v) is 7.37. The molecule has 2 fully saturated rings. The Hall–Kier alpha value is -1.83. The van der Waals surface area contributed by atoms with E-state index in [1.807, 2.05) is 6.92 Å². The van der Waals surface area contributed by atoms with Gasteiger partial charge in [0.25, 0.3) is 5.91 Å². The van der Waals surface area contributed by atoms with Crippen LogP contribution >= 0.6 is 0 Å². The summed E-state index contributed by atoms with van der Waals surface area (Å²) >= 11 is 0. The van der Waals surface area contributed by atoms with E-state index in [0.717, 1.165) is 19.5 Å². The second kappa shape index (κ2) is 8.91. The number of ether oxygens (including phenoxy) is 2. The Bertz CT molecular complexity index is 647. The number of morpholine rings is 1. The summed E-state index contributed by atoms with van der Waals surface area (Å²) in [4.78, 5) is 16.9. The summed E-state index contributed by atoms with van der Waals surface area (Å²) in [5, 5.41) is 20.9. The standard InChI is InChI=1S/C20H30N2O5/c1-2-27-18-14-16(4-5-17(18)23)19(24)22-8-3-6-20(25,7-9-22)15-21-10-12-26-13-11-21/h4-5,14,23,25H,2-3,6-13,15H2,1H3/t20-/m0/s1. The van der Waals surface area contributed by atoms with Gasteiger partial charge in [-0.1, -0.05) is 0 Å². The first-order chi connectivity index (χ1) is 13.0. The molecule has 27 heavy (non-hydrogen) atoms. The largest absolute Gasteiger partial charge is 0.504 e. The Morgan fingerprint density at radius 1 is 1.22 bits per heavy atom. The third-order valence-corrected chi connectivity index (χ3v) is 5.33. The van der Waals surface area contributed by atoms with Gasteiger partial charge in [0.2, 0.25) is 0 Å². The van der Waals surface area contributed by atoms with E-state index >= 15 is 0 Å². The molecule has 2 aliphatic rings. The van der Waals surface area contributed by atoms with E-state index in [0.29, 0.717) is 63.6 Å². The van der Waals surface area contributed by atoms with Gasteiger partial charge in [0.15, 0.2) is 11.5 Å². The summed E-state index contributed by atoms with van der Waals surface area (Å²) < 4.78 is 10.8. The molecular formula is C20H30N2O5. The number of phenols is 1. The number of carbonyl (C=O) groups is 1. The first-order valence-corrected chi connectivity index (χ1v) is 9.78. The summed E-state index contributed by atoms with van der Waals surface area (Å²) in [5.41, 5.74) is -0.271. The van der Waals surface area contributed by atoms with Crippen LogP contribution in [0.25, 0.3) is 0 Å². The fraction of sp³-hybridized carbons (Fsp3) is 0.650. The van der Waals surface area contributed by atoms with Crippen molar-refractivity contribution in [3.63, 3.8) is 0 Å². The van der Waals surface area contributed by atoms with Crippen molar-refractivity contribution in [1.82, 2.24) is 9.80 Å². The van der Waals surface area contributed by atoms with E-state index in [4.69, 9.17) is 9.47 Å². The molecule has 1 amide bonds. The molecule has 0 radical (unpaired) electrons. The molecule has 3 rings (SSSR count).